The van der Waals surface area contributed by atoms with Crippen LogP contribution in [0.4, 0.5) is 0 Å². The molecule has 1 saturated heterocycles. The minimum absolute atomic E-state index is 0.0131. The van der Waals surface area contributed by atoms with Gasteiger partial charge < -0.3 is 9.80 Å². The van der Waals surface area contributed by atoms with Gasteiger partial charge in [-0.3, -0.25) is 9.59 Å². The van der Waals surface area contributed by atoms with Crippen LogP contribution >= 0.6 is 0 Å². The van der Waals surface area contributed by atoms with Crippen molar-refractivity contribution in [2.45, 2.75) is 45.1 Å². The van der Waals surface area contributed by atoms with Gasteiger partial charge in [-0.1, -0.05) is 31.5 Å². The lowest BCUT2D eigenvalue weighted by Crippen LogP contribution is -2.55. The van der Waals surface area contributed by atoms with E-state index in [0.29, 0.717) is 32.6 Å². The number of rotatable bonds is 6. The van der Waals surface area contributed by atoms with E-state index in [1.807, 2.05) is 20.8 Å². The zero-order chi connectivity index (χ0) is 20.2. The highest BCUT2D eigenvalue weighted by Crippen LogP contribution is 2.15. The Morgan fingerprint density at radius 3 is 2.04 bits per heavy atom. The molecule has 0 saturated carbocycles. The van der Waals surface area contributed by atoms with Crippen LogP contribution in [0.1, 0.15) is 32.8 Å². The summed E-state index contributed by atoms with van der Waals surface area (Å²) in [6.07, 6.45) is 0.414. The van der Waals surface area contributed by atoms with Crippen LogP contribution in [0.15, 0.2) is 29.2 Å². The molecule has 1 N–H and O–H groups in total. The number of nitrogens with one attached hydrogen (secondary N) is 1. The zero-order valence-corrected chi connectivity index (χ0v) is 17.3. The summed E-state index contributed by atoms with van der Waals surface area (Å²) in [5.41, 5.74) is 0.965. The molecule has 1 heterocycles. The van der Waals surface area contributed by atoms with E-state index in [0.717, 1.165) is 5.56 Å². The molecular formula is C19H29N3O4S. The van der Waals surface area contributed by atoms with E-state index in [-0.39, 0.29) is 22.6 Å². The molecule has 0 aliphatic carbocycles. The molecule has 2 rings (SSSR count). The Labute approximate surface area is 161 Å². The van der Waals surface area contributed by atoms with Crippen molar-refractivity contribution < 1.29 is 18.0 Å². The number of piperazine rings is 1. The van der Waals surface area contributed by atoms with Crippen LogP contribution in [0.2, 0.25) is 0 Å². The second kappa shape index (κ2) is 8.84. The number of benzene rings is 1. The number of sulfonamides is 1. The van der Waals surface area contributed by atoms with Crippen molar-refractivity contribution in [2.24, 2.45) is 5.92 Å². The van der Waals surface area contributed by atoms with Crippen molar-refractivity contribution in [3.05, 3.63) is 29.8 Å². The molecule has 7 nitrogen and oxygen atoms in total. The molecular weight excluding hydrogens is 366 g/mol. The third kappa shape index (κ3) is 5.77. The Morgan fingerprint density at radius 1 is 1.04 bits per heavy atom. The first kappa shape index (κ1) is 21.4. The average molecular weight is 396 g/mol. The Hall–Kier alpha value is -1.93. The maximum absolute atomic E-state index is 13.0. The van der Waals surface area contributed by atoms with Gasteiger partial charge in [0.15, 0.2) is 0 Å². The number of hydrogen-bond acceptors (Lipinski definition) is 4. The zero-order valence-electron chi connectivity index (χ0n) is 16.4. The van der Waals surface area contributed by atoms with Crippen molar-refractivity contribution >= 4 is 21.8 Å². The second-order valence-electron chi connectivity index (χ2n) is 7.45. The first-order valence-electron chi connectivity index (χ1n) is 9.23. The van der Waals surface area contributed by atoms with Gasteiger partial charge in [0.05, 0.1) is 4.90 Å². The highest BCUT2D eigenvalue weighted by Gasteiger charge is 2.31. The van der Waals surface area contributed by atoms with E-state index >= 15 is 0 Å². The van der Waals surface area contributed by atoms with Crippen molar-refractivity contribution in [3.63, 3.8) is 0 Å². The summed E-state index contributed by atoms with van der Waals surface area (Å²) in [5.74, 6) is -0.0957. The highest BCUT2D eigenvalue weighted by molar-refractivity contribution is 7.89. The topological polar surface area (TPSA) is 86.8 Å². The van der Waals surface area contributed by atoms with Crippen LogP contribution in [0.5, 0.6) is 0 Å². The van der Waals surface area contributed by atoms with Gasteiger partial charge in [0.25, 0.3) is 0 Å². The van der Waals surface area contributed by atoms with Crippen LogP contribution in [0, 0.1) is 12.8 Å². The van der Waals surface area contributed by atoms with Crippen LogP contribution in [-0.2, 0) is 19.6 Å². The van der Waals surface area contributed by atoms with Crippen molar-refractivity contribution in [1.29, 1.82) is 0 Å². The Morgan fingerprint density at radius 2 is 1.56 bits per heavy atom. The smallest absolute Gasteiger partial charge is 0.241 e. The predicted octanol–water partition coefficient (Wildman–Crippen LogP) is 1.38. The number of amides is 2. The Bertz CT molecular complexity index is 767. The fraction of sp³-hybridized carbons (Fsp3) is 0.579. The molecule has 1 unspecified atom stereocenters. The normalized spacial score (nSPS) is 16.5. The van der Waals surface area contributed by atoms with E-state index < -0.39 is 16.1 Å². The van der Waals surface area contributed by atoms with Gasteiger partial charge in [0.2, 0.25) is 21.8 Å². The molecule has 1 aliphatic heterocycles. The van der Waals surface area contributed by atoms with Gasteiger partial charge in [-0.15, -0.1) is 0 Å². The molecule has 1 fully saturated rings. The van der Waals surface area contributed by atoms with Crippen LogP contribution in [0.25, 0.3) is 0 Å². The van der Waals surface area contributed by atoms with E-state index in [4.69, 9.17) is 0 Å². The van der Waals surface area contributed by atoms with Crippen LogP contribution in [0.3, 0.4) is 0 Å². The quantitative estimate of drug-likeness (QED) is 0.788. The van der Waals surface area contributed by atoms with E-state index in [1.165, 1.54) is 6.92 Å². The average Bonchev–Trinajstić information content (AvgIpc) is 2.60. The minimum atomic E-state index is -3.79. The summed E-state index contributed by atoms with van der Waals surface area (Å²) in [6, 6.07) is 5.73. The molecule has 27 heavy (non-hydrogen) atoms. The molecule has 0 bridgehead atoms. The number of hydrogen-bond donors (Lipinski definition) is 1. The molecule has 150 valence electrons. The first-order chi connectivity index (χ1) is 12.6. The molecule has 0 aromatic heterocycles. The SMILES string of the molecule is CC(=O)N1CCN(C(=O)C(CC(C)C)NS(=O)(=O)c2ccc(C)cc2)CC1. The van der Waals surface area contributed by atoms with Crippen molar-refractivity contribution in [2.75, 3.05) is 26.2 Å². The number of aryl methyl sites for hydroxylation is 1. The Balaban J connectivity index is 2.13. The Kier molecular flexibility index (Phi) is 7.00. The largest absolute Gasteiger partial charge is 0.339 e. The summed E-state index contributed by atoms with van der Waals surface area (Å²) in [5, 5.41) is 0. The summed E-state index contributed by atoms with van der Waals surface area (Å²) in [4.78, 5) is 27.9. The molecule has 0 spiro atoms. The van der Waals surface area contributed by atoms with Gasteiger partial charge in [-0.2, -0.15) is 4.72 Å². The monoisotopic (exact) mass is 395 g/mol. The molecule has 8 heteroatoms. The van der Waals surface area contributed by atoms with E-state index in [2.05, 4.69) is 4.72 Å². The highest BCUT2D eigenvalue weighted by atomic mass is 32.2. The van der Waals surface area contributed by atoms with Crippen LogP contribution in [-0.4, -0.2) is 62.3 Å². The molecule has 2 amide bonds. The molecule has 1 aliphatic rings. The van der Waals surface area contributed by atoms with Gasteiger partial charge in [-0.25, -0.2) is 8.42 Å². The molecule has 0 radical (unpaired) electrons. The third-order valence-electron chi connectivity index (χ3n) is 4.67. The lowest BCUT2D eigenvalue weighted by atomic mass is 10.0. The fourth-order valence-corrected chi connectivity index (χ4v) is 4.31. The summed E-state index contributed by atoms with van der Waals surface area (Å²) >= 11 is 0. The number of carbonyl (C=O) groups excluding carboxylic acids is 2. The minimum Gasteiger partial charge on any atom is -0.339 e. The predicted molar refractivity (Wildman–Crippen MR) is 104 cm³/mol. The van der Waals surface area contributed by atoms with E-state index in [9.17, 15) is 18.0 Å². The molecule has 1 atom stereocenters. The lowest BCUT2D eigenvalue weighted by molar-refractivity contribution is -0.139. The number of nitrogens with zero attached hydrogens (tertiary/aromatic N) is 2. The van der Waals surface area contributed by atoms with Gasteiger partial charge in [-0.05, 0) is 31.4 Å². The maximum atomic E-state index is 13.0. The summed E-state index contributed by atoms with van der Waals surface area (Å²) < 4.78 is 28.1. The molecule has 1 aromatic rings. The first-order valence-corrected chi connectivity index (χ1v) is 10.7. The van der Waals surface area contributed by atoms with Gasteiger partial charge in [0.1, 0.15) is 6.04 Å². The van der Waals surface area contributed by atoms with Crippen molar-refractivity contribution in [1.82, 2.24) is 14.5 Å². The summed E-state index contributed by atoms with van der Waals surface area (Å²) in [6.45, 7) is 9.07. The standard InChI is InChI=1S/C19H29N3O4S/c1-14(2)13-18(19(24)22-11-9-21(10-12-22)16(4)23)20-27(25,26)17-7-5-15(3)6-8-17/h5-8,14,18,20H,9-13H2,1-4H3. The summed E-state index contributed by atoms with van der Waals surface area (Å²) in [7, 11) is -3.79. The van der Waals surface area contributed by atoms with E-state index in [1.54, 1.807) is 34.1 Å². The number of carbonyl (C=O) groups is 2. The lowest BCUT2D eigenvalue weighted by Gasteiger charge is -2.36. The van der Waals surface area contributed by atoms with Crippen LogP contribution < -0.4 is 4.72 Å². The fourth-order valence-electron chi connectivity index (χ4n) is 3.11. The van der Waals surface area contributed by atoms with Gasteiger partial charge in [0, 0.05) is 33.1 Å². The molecule has 1 aromatic carbocycles. The maximum Gasteiger partial charge on any atom is 0.241 e. The third-order valence-corrected chi connectivity index (χ3v) is 6.16. The van der Waals surface area contributed by atoms with Crippen molar-refractivity contribution in [3.8, 4) is 0 Å². The second-order valence-corrected chi connectivity index (χ2v) is 9.16. The van der Waals surface area contributed by atoms with Gasteiger partial charge >= 0.3 is 0 Å².